The van der Waals surface area contributed by atoms with Crippen molar-refractivity contribution >= 4 is 16.1 Å². The molecule has 9 heteroatoms. The van der Waals surface area contributed by atoms with Crippen molar-refractivity contribution in [1.82, 2.24) is 0 Å². The van der Waals surface area contributed by atoms with Gasteiger partial charge < -0.3 is 9.29 Å². The summed E-state index contributed by atoms with van der Waals surface area (Å²) in [5, 5.41) is -4.90. The van der Waals surface area contributed by atoms with Gasteiger partial charge in [0.15, 0.2) is 16.0 Å². The minimum Gasteiger partial charge on any atom is -0.743 e. The molecule has 168 valence electrons. The first-order chi connectivity index (χ1) is 15.1. The second kappa shape index (κ2) is 10.9. The maximum absolute atomic E-state index is 14.8. The Balaban J connectivity index is 0.00000385. The monoisotopic (exact) mass is 482 g/mol. The Morgan fingerprint density at radius 3 is 1.97 bits per heavy atom. The van der Waals surface area contributed by atoms with Crippen LogP contribution in [0.1, 0.15) is 24.0 Å². The van der Waals surface area contributed by atoms with E-state index in [1.807, 2.05) is 30.3 Å². The van der Waals surface area contributed by atoms with E-state index < -0.39 is 27.3 Å². The molecule has 0 aliphatic carbocycles. The van der Waals surface area contributed by atoms with Gasteiger partial charge in [-0.2, -0.15) is 8.78 Å². The molecule has 0 aliphatic heterocycles. The number of alkyl halides is 2. The third-order valence-electron chi connectivity index (χ3n) is 5.16. The number of hydrogen-bond acceptors (Lipinski definition) is 5. The third kappa shape index (κ3) is 5.53. The molecule has 0 aliphatic rings. The smallest absolute Gasteiger partial charge is 0.743 e. The summed E-state index contributed by atoms with van der Waals surface area (Å²) in [6.45, 7) is 2.67. The summed E-state index contributed by atoms with van der Waals surface area (Å²) in [6.07, 6.45) is 0. The Kier molecular flexibility index (Phi) is 8.95. The van der Waals surface area contributed by atoms with Crippen LogP contribution < -0.4 is 29.6 Å². The van der Waals surface area contributed by atoms with Crippen LogP contribution in [0.3, 0.4) is 0 Å². The average Bonchev–Trinajstić information content (AvgIpc) is 2.75. The molecule has 0 aromatic heterocycles. The van der Waals surface area contributed by atoms with Crippen LogP contribution in [0.2, 0.25) is 0 Å². The summed E-state index contributed by atoms with van der Waals surface area (Å²) >= 11 is 0. The normalized spacial score (nSPS) is 12.5. The van der Waals surface area contributed by atoms with E-state index in [-0.39, 0.29) is 47.3 Å². The number of esters is 1. The van der Waals surface area contributed by atoms with Gasteiger partial charge in [-0.05, 0) is 47.2 Å². The van der Waals surface area contributed by atoms with Crippen molar-refractivity contribution in [3.63, 3.8) is 0 Å². The molecule has 3 aromatic carbocycles. The molecule has 0 radical (unpaired) electrons. The second-order valence-electron chi connectivity index (χ2n) is 7.14. The zero-order valence-electron chi connectivity index (χ0n) is 18.4. The predicted molar refractivity (Wildman–Crippen MR) is 116 cm³/mol. The van der Waals surface area contributed by atoms with E-state index >= 15 is 0 Å². The first-order valence-electron chi connectivity index (χ1n) is 9.83. The Morgan fingerprint density at radius 1 is 0.970 bits per heavy atom. The quantitative estimate of drug-likeness (QED) is 0.293. The molecular formula is C24H21F2NaO5S. The van der Waals surface area contributed by atoms with E-state index in [4.69, 9.17) is 4.74 Å². The number of rotatable bonds is 7. The summed E-state index contributed by atoms with van der Waals surface area (Å²) in [5.74, 6) is -4.08. The zero-order valence-corrected chi connectivity index (χ0v) is 21.2. The van der Waals surface area contributed by atoms with Gasteiger partial charge in [-0.1, -0.05) is 72.8 Å². The second-order valence-corrected chi connectivity index (χ2v) is 8.59. The van der Waals surface area contributed by atoms with Crippen molar-refractivity contribution in [3.8, 4) is 22.3 Å². The number of carbonyl (C=O) groups excluding carboxylic acids is 1. The number of hydrogen-bond donors (Lipinski definition) is 0. The fourth-order valence-electron chi connectivity index (χ4n) is 3.69. The third-order valence-corrected chi connectivity index (χ3v) is 6.06. The molecule has 0 heterocycles. The summed E-state index contributed by atoms with van der Waals surface area (Å²) in [7, 11) is -6.15. The van der Waals surface area contributed by atoms with Gasteiger partial charge in [-0.25, -0.2) is 8.42 Å². The zero-order chi connectivity index (χ0) is 23.5. The van der Waals surface area contributed by atoms with Crippen molar-refractivity contribution < 1.29 is 60.8 Å². The molecule has 1 unspecified atom stereocenters. The number of halogens is 2. The number of carbonyl (C=O) groups is 1. The first-order valence-corrected chi connectivity index (χ1v) is 11.2. The number of ether oxygens (including phenoxy) is 1. The Hall–Kier alpha value is -2.10. The van der Waals surface area contributed by atoms with Gasteiger partial charge in [0.05, 0.1) is 6.61 Å². The Morgan fingerprint density at radius 2 is 1.48 bits per heavy atom. The summed E-state index contributed by atoms with van der Waals surface area (Å²) in [6, 6.07) is 20.9. The molecular weight excluding hydrogens is 461 g/mol. The van der Waals surface area contributed by atoms with E-state index in [1.54, 1.807) is 36.4 Å². The molecule has 3 aromatic rings. The van der Waals surface area contributed by atoms with E-state index in [0.717, 1.165) is 5.56 Å². The van der Waals surface area contributed by atoms with Gasteiger partial charge in [0.1, 0.15) is 0 Å². The van der Waals surface area contributed by atoms with Gasteiger partial charge in [0, 0.05) is 0 Å². The minimum absolute atomic E-state index is 0. The van der Waals surface area contributed by atoms with Crippen molar-refractivity contribution in [2.24, 2.45) is 0 Å². The van der Waals surface area contributed by atoms with Gasteiger partial charge in [0.2, 0.25) is 0 Å². The van der Waals surface area contributed by atoms with Crippen molar-refractivity contribution in [3.05, 3.63) is 83.9 Å². The van der Waals surface area contributed by atoms with Crippen molar-refractivity contribution in [1.29, 1.82) is 0 Å². The molecule has 0 N–H and O–H groups in total. The molecule has 0 spiro atoms. The van der Waals surface area contributed by atoms with E-state index in [1.165, 1.54) is 19.9 Å². The molecule has 0 saturated carbocycles. The van der Waals surface area contributed by atoms with E-state index in [2.05, 4.69) is 0 Å². The van der Waals surface area contributed by atoms with Crippen LogP contribution in [0.25, 0.3) is 22.3 Å². The van der Waals surface area contributed by atoms with Crippen LogP contribution in [-0.4, -0.2) is 30.8 Å². The van der Waals surface area contributed by atoms with Crippen LogP contribution in [-0.2, 0) is 19.6 Å². The van der Waals surface area contributed by atoms with Crippen molar-refractivity contribution in [2.45, 2.75) is 25.0 Å². The van der Waals surface area contributed by atoms with E-state index in [0.29, 0.717) is 16.7 Å². The summed E-state index contributed by atoms with van der Waals surface area (Å²) < 4.78 is 68.6. The predicted octanol–water partition coefficient (Wildman–Crippen LogP) is 2.12. The van der Waals surface area contributed by atoms with Gasteiger partial charge in [-0.3, -0.25) is 4.79 Å². The van der Waals surface area contributed by atoms with Crippen LogP contribution in [0.5, 0.6) is 0 Å². The molecule has 33 heavy (non-hydrogen) atoms. The Labute approximate surface area is 213 Å². The van der Waals surface area contributed by atoms with Gasteiger partial charge in [0.25, 0.3) is 0 Å². The summed E-state index contributed by atoms with van der Waals surface area (Å²) in [5.41, 5.74) is 2.69. The van der Waals surface area contributed by atoms with Crippen LogP contribution in [0.4, 0.5) is 8.78 Å². The van der Waals surface area contributed by atoms with Crippen molar-refractivity contribution in [2.75, 3.05) is 6.61 Å². The molecule has 3 rings (SSSR count). The van der Waals surface area contributed by atoms with Gasteiger partial charge >= 0.3 is 40.8 Å². The number of benzene rings is 3. The standard InChI is InChI=1S/C24H22F2O5S.Na/c1-3-31-23(27)22(24(25,26)32(28,29)30)19-14-15-20(17-10-6-4-7-11-17)21(16(19)2)18-12-8-5-9-13-18;/h4-15,22H,3H2,1-2H3,(H,28,29,30);/q;+1/p-1. The fourth-order valence-corrected chi connectivity index (χ4v) is 4.20. The fraction of sp³-hybridized carbons (Fsp3) is 0.208. The maximum Gasteiger partial charge on any atom is 1.00 e. The average molecular weight is 482 g/mol. The molecule has 0 saturated heterocycles. The maximum atomic E-state index is 14.8. The molecule has 0 bridgehead atoms. The molecule has 5 nitrogen and oxygen atoms in total. The minimum atomic E-state index is -6.15. The van der Waals surface area contributed by atoms with Crippen LogP contribution >= 0.6 is 0 Å². The topological polar surface area (TPSA) is 83.5 Å². The van der Waals surface area contributed by atoms with Crippen LogP contribution in [0.15, 0.2) is 72.8 Å². The Bertz CT molecular complexity index is 1220. The van der Waals surface area contributed by atoms with Crippen LogP contribution in [0, 0.1) is 6.92 Å². The largest absolute Gasteiger partial charge is 1.00 e. The summed E-state index contributed by atoms with van der Waals surface area (Å²) in [4.78, 5) is 12.5. The SMILES string of the molecule is CCOC(=O)C(c1ccc(-c2ccccc2)c(-c2ccccc2)c1C)C(F)(F)S(=O)(=O)[O-].[Na+]. The molecule has 1 atom stereocenters. The molecule has 0 fully saturated rings. The van der Waals surface area contributed by atoms with E-state index in [9.17, 15) is 26.5 Å². The molecule has 0 amide bonds. The first kappa shape index (κ1) is 27.1. The van der Waals surface area contributed by atoms with Gasteiger partial charge in [-0.15, -0.1) is 0 Å².